The number of carbonyl (C=O) groups excluding carboxylic acids is 1. The zero-order valence-electron chi connectivity index (χ0n) is 10.6. The lowest BCUT2D eigenvalue weighted by molar-refractivity contribution is -0.119. The Hall–Kier alpha value is -2.36. The van der Waals surface area contributed by atoms with Crippen LogP contribution in [-0.2, 0) is 4.79 Å². The maximum absolute atomic E-state index is 11.3. The number of nitriles is 1. The van der Waals surface area contributed by atoms with Crippen molar-refractivity contribution in [3.05, 3.63) is 11.8 Å². The summed E-state index contributed by atoms with van der Waals surface area (Å²) in [6.07, 6.45) is 2.96. The second-order valence-corrected chi connectivity index (χ2v) is 4.98. The second-order valence-electron chi connectivity index (χ2n) is 4.98. The van der Waals surface area contributed by atoms with Crippen LogP contribution in [0.3, 0.4) is 0 Å². The number of nitrogens with zero attached hydrogens (tertiary/aromatic N) is 4. The molecule has 0 bridgehead atoms. The van der Waals surface area contributed by atoms with E-state index in [4.69, 9.17) is 5.26 Å². The molecule has 0 radical (unpaired) electrons. The summed E-state index contributed by atoms with van der Waals surface area (Å²) >= 11 is 0. The van der Waals surface area contributed by atoms with E-state index in [-0.39, 0.29) is 11.4 Å². The van der Waals surface area contributed by atoms with Gasteiger partial charge in [-0.05, 0) is 6.42 Å². The summed E-state index contributed by atoms with van der Waals surface area (Å²) in [5, 5.41) is 15.0. The van der Waals surface area contributed by atoms with Crippen LogP contribution >= 0.6 is 0 Å². The largest absolute Gasteiger partial charge is 0.357 e. The molecular formula is C12H14N6O. The van der Waals surface area contributed by atoms with E-state index in [1.165, 1.54) is 6.20 Å². The predicted molar refractivity (Wildman–Crippen MR) is 68.6 cm³/mol. The summed E-state index contributed by atoms with van der Waals surface area (Å²) in [5.74, 6) is 1.23. The molecule has 7 heteroatoms. The Kier molecular flexibility index (Phi) is 2.52. The normalized spacial score (nSPS) is 19.8. The van der Waals surface area contributed by atoms with Gasteiger partial charge in [0, 0.05) is 26.6 Å². The summed E-state index contributed by atoms with van der Waals surface area (Å²) in [5.41, 5.74) is 0.340. The number of carbonyl (C=O) groups is 1. The Morgan fingerprint density at radius 2 is 2.37 bits per heavy atom. The number of anilines is 2. The van der Waals surface area contributed by atoms with Crippen molar-refractivity contribution in [2.24, 2.45) is 0 Å². The van der Waals surface area contributed by atoms with Gasteiger partial charge in [-0.2, -0.15) is 10.2 Å². The lowest BCUT2D eigenvalue weighted by Gasteiger charge is -2.48. The number of hydrogen-bond acceptors (Lipinski definition) is 6. The molecule has 1 aromatic heterocycles. The van der Waals surface area contributed by atoms with Crippen molar-refractivity contribution in [2.75, 3.05) is 30.4 Å². The minimum absolute atomic E-state index is 0.110. The van der Waals surface area contributed by atoms with Crippen LogP contribution in [0, 0.1) is 11.3 Å². The van der Waals surface area contributed by atoms with Crippen molar-refractivity contribution >= 4 is 17.7 Å². The molecule has 2 aliphatic heterocycles. The first-order valence-electron chi connectivity index (χ1n) is 6.17. The summed E-state index contributed by atoms with van der Waals surface area (Å²) in [4.78, 5) is 21.7. The van der Waals surface area contributed by atoms with Crippen LogP contribution in [0.4, 0.5) is 11.8 Å². The van der Waals surface area contributed by atoms with Gasteiger partial charge in [-0.1, -0.05) is 0 Å². The maximum Gasteiger partial charge on any atom is 0.224 e. The van der Waals surface area contributed by atoms with E-state index in [2.05, 4.69) is 26.7 Å². The van der Waals surface area contributed by atoms with Crippen LogP contribution < -0.4 is 15.5 Å². The number of amides is 1. The molecule has 3 rings (SSSR count). The van der Waals surface area contributed by atoms with Crippen LogP contribution in [0.25, 0.3) is 0 Å². The summed E-state index contributed by atoms with van der Waals surface area (Å²) in [6, 6.07) is 2.10. The van der Waals surface area contributed by atoms with Gasteiger partial charge in [-0.15, -0.1) is 0 Å². The van der Waals surface area contributed by atoms with Gasteiger partial charge in [0.25, 0.3) is 0 Å². The second kappa shape index (κ2) is 4.09. The van der Waals surface area contributed by atoms with Gasteiger partial charge in [-0.3, -0.25) is 4.79 Å². The third kappa shape index (κ3) is 1.85. The Morgan fingerprint density at radius 3 is 2.95 bits per heavy atom. The SMILES string of the molecule is CNc1ncc(C#N)c(N2CC3(CCC(=O)N3)C2)n1. The van der Waals surface area contributed by atoms with Gasteiger partial charge in [0.15, 0.2) is 5.82 Å². The molecule has 0 atom stereocenters. The molecule has 2 aliphatic rings. The highest BCUT2D eigenvalue weighted by Gasteiger charge is 2.48. The van der Waals surface area contributed by atoms with Crippen LogP contribution in [0.5, 0.6) is 0 Å². The van der Waals surface area contributed by atoms with Crippen molar-refractivity contribution < 1.29 is 4.79 Å². The van der Waals surface area contributed by atoms with Crippen molar-refractivity contribution in [3.8, 4) is 6.07 Å². The van der Waals surface area contributed by atoms with Gasteiger partial charge in [0.2, 0.25) is 11.9 Å². The molecule has 1 aromatic rings. The highest BCUT2D eigenvalue weighted by Crippen LogP contribution is 2.34. The molecule has 3 heterocycles. The zero-order chi connectivity index (χ0) is 13.5. The van der Waals surface area contributed by atoms with Crippen molar-refractivity contribution in [1.82, 2.24) is 15.3 Å². The van der Waals surface area contributed by atoms with E-state index in [0.717, 1.165) is 6.42 Å². The van der Waals surface area contributed by atoms with Crippen LogP contribution in [0.1, 0.15) is 18.4 Å². The lowest BCUT2D eigenvalue weighted by atomic mass is 9.88. The molecule has 2 saturated heterocycles. The molecule has 98 valence electrons. The Morgan fingerprint density at radius 1 is 1.58 bits per heavy atom. The van der Waals surface area contributed by atoms with Crippen LogP contribution in [0.15, 0.2) is 6.20 Å². The van der Waals surface area contributed by atoms with Gasteiger partial charge < -0.3 is 15.5 Å². The molecule has 2 N–H and O–H groups in total. The summed E-state index contributed by atoms with van der Waals surface area (Å²) in [6.45, 7) is 1.40. The fourth-order valence-electron chi connectivity index (χ4n) is 2.66. The number of nitrogens with one attached hydrogen (secondary N) is 2. The highest BCUT2D eigenvalue weighted by molar-refractivity contribution is 5.80. The third-order valence-corrected chi connectivity index (χ3v) is 3.63. The maximum atomic E-state index is 11.3. The number of hydrogen-bond donors (Lipinski definition) is 2. The molecule has 1 amide bonds. The standard InChI is InChI=1S/C12H14N6O/c1-14-11-15-5-8(4-13)10(16-11)18-6-12(7-18)3-2-9(19)17-12/h5H,2-3,6-7H2,1H3,(H,17,19)(H,14,15,16). The average molecular weight is 258 g/mol. The quantitative estimate of drug-likeness (QED) is 0.766. The Balaban J connectivity index is 1.81. The van der Waals surface area contributed by atoms with E-state index >= 15 is 0 Å². The molecule has 0 aromatic carbocycles. The van der Waals surface area contributed by atoms with Crippen LogP contribution in [0.2, 0.25) is 0 Å². The van der Waals surface area contributed by atoms with E-state index < -0.39 is 0 Å². The minimum atomic E-state index is -0.117. The van der Waals surface area contributed by atoms with E-state index in [1.54, 1.807) is 7.05 Å². The Labute approximate surface area is 110 Å². The lowest BCUT2D eigenvalue weighted by Crippen LogP contribution is -2.67. The Bertz CT molecular complexity index is 572. The van der Waals surface area contributed by atoms with Crippen molar-refractivity contribution in [1.29, 1.82) is 5.26 Å². The van der Waals surface area contributed by atoms with Crippen molar-refractivity contribution in [2.45, 2.75) is 18.4 Å². The van der Waals surface area contributed by atoms with Crippen LogP contribution in [-0.4, -0.2) is 41.6 Å². The zero-order valence-corrected chi connectivity index (χ0v) is 10.6. The topological polar surface area (TPSA) is 93.9 Å². The third-order valence-electron chi connectivity index (χ3n) is 3.63. The fraction of sp³-hybridized carbons (Fsp3) is 0.500. The molecule has 2 fully saturated rings. The first-order chi connectivity index (χ1) is 9.15. The monoisotopic (exact) mass is 258 g/mol. The first-order valence-corrected chi connectivity index (χ1v) is 6.17. The molecule has 19 heavy (non-hydrogen) atoms. The molecule has 0 aliphatic carbocycles. The van der Waals surface area contributed by atoms with Gasteiger partial charge >= 0.3 is 0 Å². The smallest absolute Gasteiger partial charge is 0.224 e. The van der Waals surface area contributed by atoms with Crippen molar-refractivity contribution in [3.63, 3.8) is 0 Å². The summed E-state index contributed by atoms with van der Waals surface area (Å²) < 4.78 is 0. The summed E-state index contributed by atoms with van der Waals surface area (Å²) in [7, 11) is 1.74. The molecular weight excluding hydrogens is 244 g/mol. The first kappa shape index (κ1) is 11.7. The average Bonchev–Trinajstić information content (AvgIpc) is 2.78. The molecule has 7 nitrogen and oxygen atoms in total. The fourth-order valence-corrected chi connectivity index (χ4v) is 2.66. The number of rotatable bonds is 2. The van der Waals surface area contributed by atoms with Gasteiger partial charge in [0.05, 0.1) is 11.7 Å². The van der Waals surface area contributed by atoms with E-state index in [0.29, 0.717) is 36.8 Å². The molecule has 0 saturated carbocycles. The van der Waals surface area contributed by atoms with Gasteiger partial charge in [-0.25, -0.2) is 4.98 Å². The van der Waals surface area contributed by atoms with E-state index in [1.807, 2.05) is 4.90 Å². The highest BCUT2D eigenvalue weighted by atomic mass is 16.2. The predicted octanol–water partition coefficient (Wildman–Crippen LogP) is -0.141. The van der Waals surface area contributed by atoms with E-state index in [9.17, 15) is 4.79 Å². The molecule has 1 spiro atoms. The van der Waals surface area contributed by atoms with Gasteiger partial charge in [0.1, 0.15) is 11.6 Å². The minimum Gasteiger partial charge on any atom is -0.357 e. The number of aromatic nitrogens is 2. The molecule has 0 unspecified atom stereocenters.